The van der Waals surface area contributed by atoms with Gasteiger partial charge in [-0.3, -0.25) is 14.7 Å². The summed E-state index contributed by atoms with van der Waals surface area (Å²) < 4.78 is 6.22. The minimum atomic E-state index is -0.0792. The summed E-state index contributed by atoms with van der Waals surface area (Å²) in [5.74, 6) is 0.384. The van der Waals surface area contributed by atoms with Crippen LogP contribution in [-0.2, 0) is 4.74 Å². The maximum Gasteiger partial charge on any atom is 0.251 e. The zero-order valence-electron chi connectivity index (χ0n) is 15.5. The molecule has 0 aromatic heterocycles. The Kier molecular flexibility index (Phi) is 12.6. The number of nitrogens with zero attached hydrogens (tertiary/aromatic N) is 2. The Morgan fingerprint density at radius 1 is 1.22 bits per heavy atom. The van der Waals surface area contributed by atoms with Gasteiger partial charge in [-0.05, 0) is 37.6 Å². The number of aliphatic imine (C=N–C) groups is 1. The third-order valence-corrected chi connectivity index (χ3v) is 4.54. The molecule has 4 N–H and O–H groups in total. The number of rotatable bonds is 9. The van der Waals surface area contributed by atoms with Crippen molar-refractivity contribution in [1.82, 2.24) is 15.5 Å². The minimum Gasteiger partial charge on any atom is -0.379 e. The number of nitrogens with two attached hydrogens (primary N) is 1. The predicted octanol–water partition coefficient (Wildman–Crippen LogP) is 1.81. The molecule has 0 bridgehead atoms. The Hall–Kier alpha value is -0.910. The number of guanidine groups is 1. The normalized spacial score (nSPS) is 15.1. The number of nitrogens with one attached hydrogen (secondary N) is 2. The van der Waals surface area contributed by atoms with E-state index in [4.69, 9.17) is 10.5 Å². The van der Waals surface area contributed by atoms with Gasteiger partial charge < -0.3 is 21.1 Å². The molecule has 1 aliphatic rings. The molecular weight excluding hydrogens is 525 g/mol. The zero-order valence-corrected chi connectivity index (χ0v) is 19.4. The molecule has 2 rings (SSSR count). The van der Waals surface area contributed by atoms with Crippen LogP contribution in [0.25, 0.3) is 0 Å². The van der Waals surface area contributed by atoms with E-state index in [1.54, 1.807) is 12.1 Å². The fourth-order valence-corrected chi connectivity index (χ4v) is 3.01. The number of morpholine rings is 1. The summed E-state index contributed by atoms with van der Waals surface area (Å²) in [6, 6.07) is 7.32. The molecule has 9 heteroatoms. The Morgan fingerprint density at radius 3 is 2.70 bits per heavy atom. The lowest BCUT2D eigenvalue weighted by molar-refractivity contribution is 0.0376. The van der Waals surface area contributed by atoms with Gasteiger partial charge in [0, 0.05) is 42.8 Å². The Morgan fingerprint density at radius 2 is 1.96 bits per heavy atom. The molecule has 1 aliphatic heterocycles. The highest BCUT2D eigenvalue weighted by atomic mass is 127. The van der Waals surface area contributed by atoms with Crippen molar-refractivity contribution >= 4 is 51.8 Å². The molecule has 1 aromatic carbocycles. The topological polar surface area (TPSA) is 92.0 Å². The molecule has 7 nitrogen and oxygen atoms in total. The highest BCUT2D eigenvalue weighted by Crippen LogP contribution is 2.11. The van der Waals surface area contributed by atoms with Gasteiger partial charge in [-0.2, -0.15) is 0 Å². The van der Waals surface area contributed by atoms with Crippen LogP contribution in [0.1, 0.15) is 23.2 Å². The SMILES string of the molecule is I.NC(=NCCCNC(=O)c1cccc(Br)c1)NCCCN1CCOCC1. The van der Waals surface area contributed by atoms with Crippen LogP contribution in [0.3, 0.4) is 0 Å². The van der Waals surface area contributed by atoms with E-state index in [1.807, 2.05) is 12.1 Å². The molecule has 0 radical (unpaired) electrons. The number of hydrogen-bond donors (Lipinski definition) is 3. The van der Waals surface area contributed by atoms with Gasteiger partial charge in [0.2, 0.25) is 0 Å². The number of hydrogen-bond acceptors (Lipinski definition) is 4. The van der Waals surface area contributed by atoms with E-state index in [2.05, 4.69) is 36.5 Å². The van der Waals surface area contributed by atoms with Crippen molar-refractivity contribution in [2.45, 2.75) is 12.8 Å². The molecule has 1 fully saturated rings. The molecule has 0 unspecified atom stereocenters. The Labute approximate surface area is 186 Å². The van der Waals surface area contributed by atoms with Gasteiger partial charge in [0.1, 0.15) is 0 Å². The summed E-state index contributed by atoms with van der Waals surface area (Å²) in [5, 5.41) is 6.01. The quantitative estimate of drug-likeness (QED) is 0.188. The summed E-state index contributed by atoms with van der Waals surface area (Å²) in [5.41, 5.74) is 6.50. The second-order valence-corrected chi connectivity index (χ2v) is 7.04. The van der Waals surface area contributed by atoms with Gasteiger partial charge in [-0.15, -0.1) is 24.0 Å². The highest BCUT2D eigenvalue weighted by molar-refractivity contribution is 14.0. The van der Waals surface area contributed by atoms with E-state index < -0.39 is 0 Å². The summed E-state index contributed by atoms with van der Waals surface area (Å²) >= 11 is 3.36. The number of amides is 1. The van der Waals surface area contributed by atoms with Crippen LogP contribution in [0.4, 0.5) is 0 Å². The van der Waals surface area contributed by atoms with Gasteiger partial charge in [-0.25, -0.2) is 0 Å². The molecule has 27 heavy (non-hydrogen) atoms. The standard InChI is InChI=1S/C18H28BrN5O2.HI/c19-16-5-1-4-15(14-16)17(25)21-6-2-7-22-18(20)23-8-3-9-24-10-12-26-13-11-24;/h1,4-5,14H,2-3,6-13H2,(H,21,25)(H3,20,22,23);1H. The second kappa shape index (κ2) is 14.1. The molecule has 1 heterocycles. The third kappa shape index (κ3) is 10.3. The van der Waals surface area contributed by atoms with Crippen molar-refractivity contribution < 1.29 is 9.53 Å². The van der Waals surface area contributed by atoms with Gasteiger partial charge in [0.15, 0.2) is 5.96 Å². The number of benzene rings is 1. The predicted molar refractivity (Wildman–Crippen MR) is 123 cm³/mol. The first-order valence-corrected chi connectivity index (χ1v) is 9.82. The van der Waals surface area contributed by atoms with Gasteiger partial charge in [0.05, 0.1) is 13.2 Å². The molecule has 0 spiro atoms. The lowest BCUT2D eigenvalue weighted by Gasteiger charge is -2.26. The first-order valence-electron chi connectivity index (χ1n) is 9.03. The van der Waals surface area contributed by atoms with E-state index >= 15 is 0 Å². The van der Waals surface area contributed by atoms with Crippen LogP contribution in [0.2, 0.25) is 0 Å². The summed E-state index contributed by atoms with van der Waals surface area (Å²) in [7, 11) is 0. The van der Waals surface area contributed by atoms with Crippen LogP contribution < -0.4 is 16.4 Å². The van der Waals surface area contributed by atoms with E-state index in [1.165, 1.54) is 0 Å². The molecular formula is C18H29BrIN5O2. The molecule has 1 aromatic rings. The van der Waals surface area contributed by atoms with Crippen molar-refractivity contribution in [2.24, 2.45) is 10.7 Å². The first-order chi connectivity index (χ1) is 12.6. The van der Waals surface area contributed by atoms with Crippen LogP contribution >= 0.6 is 39.9 Å². The minimum absolute atomic E-state index is 0. The van der Waals surface area contributed by atoms with E-state index in [0.29, 0.717) is 24.6 Å². The number of carbonyl (C=O) groups excluding carboxylic acids is 1. The van der Waals surface area contributed by atoms with Crippen LogP contribution in [-0.4, -0.2) is 69.2 Å². The summed E-state index contributed by atoms with van der Waals surface area (Å²) in [6.07, 6.45) is 1.77. The average molecular weight is 554 g/mol. The first kappa shape index (κ1) is 24.1. The van der Waals surface area contributed by atoms with Crippen molar-refractivity contribution in [3.63, 3.8) is 0 Å². The fourth-order valence-electron chi connectivity index (χ4n) is 2.61. The zero-order chi connectivity index (χ0) is 18.6. The van der Waals surface area contributed by atoms with Crippen molar-refractivity contribution in [3.05, 3.63) is 34.3 Å². The van der Waals surface area contributed by atoms with Crippen LogP contribution in [0, 0.1) is 0 Å². The smallest absolute Gasteiger partial charge is 0.251 e. The van der Waals surface area contributed by atoms with Crippen molar-refractivity contribution in [1.29, 1.82) is 0 Å². The molecule has 0 aliphatic carbocycles. The van der Waals surface area contributed by atoms with Crippen LogP contribution in [0.5, 0.6) is 0 Å². The molecule has 1 saturated heterocycles. The van der Waals surface area contributed by atoms with Gasteiger partial charge >= 0.3 is 0 Å². The third-order valence-electron chi connectivity index (χ3n) is 4.05. The van der Waals surface area contributed by atoms with Crippen molar-refractivity contribution in [3.8, 4) is 0 Å². The number of ether oxygens (including phenoxy) is 1. The van der Waals surface area contributed by atoms with E-state index in [-0.39, 0.29) is 29.9 Å². The fraction of sp³-hybridized carbons (Fsp3) is 0.556. The molecule has 0 saturated carbocycles. The maximum absolute atomic E-state index is 12.0. The Balaban J connectivity index is 0.00000364. The monoisotopic (exact) mass is 553 g/mol. The van der Waals surface area contributed by atoms with Gasteiger partial charge in [-0.1, -0.05) is 22.0 Å². The van der Waals surface area contributed by atoms with Gasteiger partial charge in [0.25, 0.3) is 5.91 Å². The van der Waals surface area contributed by atoms with E-state index in [9.17, 15) is 4.79 Å². The molecule has 0 atom stereocenters. The van der Waals surface area contributed by atoms with Crippen LogP contribution in [0.15, 0.2) is 33.7 Å². The highest BCUT2D eigenvalue weighted by Gasteiger charge is 2.09. The van der Waals surface area contributed by atoms with E-state index in [0.717, 1.165) is 56.7 Å². The lowest BCUT2D eigenvalue weighted by atomic mass is 10.2. The largest absolute Gasteiger partial charge is 0.379 e. The lowest BCUT2D eigenvalue weighted by Crippen LogP contribution is -2.39. The maximum atomic E-state index is 12.0. The number of carbonyl (C=O) groups is 1. The number of halogens is 2. The van der Waals surface area contributed by atoms with Crippen molar-refractivity contribution in [2.75, 3.05) is 52.5 Å². The second-order valence-electron chi connectivity index (χ2n) is 6.12. The average Bonchev–Trinajstić information content (AvgIpc) is 2.65. The molecule has 1 amide bonds. The molecule has 152 valence electrons. The Bertz CT molecular complexity index is 597. The summed E-state index contributed by atoms with van der Waals surface area (Å²) in [6.45, 7) is 6.69. The summed E-state index contributed by atoms with van der Waals surface area (Å²) in [4.78, 5) is 18.7.